The molecule has 1 saturated carbocycles. The van der Waals surface area contributed by atoms with Crippen molar-refractivity contribution in [1.82, 2.24) is 5.32 Å². The lowest BCUT2D eigenvalue weighted by Crippen LogP contribution is -2.29. The van der Waals surface area contributed by atoms with E-state index in [0.29, 0.717) is 17.6 Å². The van der Waals surface area contributed by atoms with E-state index in [2.05, 4.69) is 5.32 Å². The Morgan fingerprint density at radius 3 is 2.71 bits per heavy atom. The number of hydrogen-bond acceptors (Lipinski definition) is 2. The minimum atomic E-state index is 0.179. The average molecular weight is 195 g/mol. The third-order valence-corrected chi connectivity index (χ3v) is 4.01. The Kier molecular flexibility index (Phi) is 2.91. The predicted molar refractivity (Wildman–Crippen MR) is 57.2 cm³/mol. The highest BCUT2D eigenvalue weighted by Gasteiger charge is 2.41. The summed E-state index contributed by atoms with van der Waals surface area (Å²) in [6.07, 6.45) is 8.62. The normalized spacial score (nSPS) is 30.8. The van der Waals surface area contributed by atoms with E-state index >= 15 is 0 Å². The Bertz CT molecular complexity index is 218. The number of carbonyl (C=O) groups is 1. The maximum absolute atomic E-state index is 11.6. The Hall–Kier alpha value is -0.370. The van der Waals surface area contributed by atoms with Gasteiger partial charge in [-0.05, 0) is 24.7 Å². The van der Waals surface area contributed by atoms with Crippen LogP contribution < -0.4 is 5.32 Å². The molecule has 0 aromatic carbocycles. The zero-order valence-electron chi connectivity index (χ0n) is 9.14. The van der Waals surface area contributed by atoms with Gasteiger partial charge in [-0.3, -0.25) is 4.79 Å². The molecule has 2 heteroatoms. The van der Waals surface area contributed by atoms with Crippen molar-refractivity contribution < 1.29 is 4.79 Å². The monoisotopic (exact) mass is 195 g/mol. The van der Waals surface area contributed by atoms with E-state index in [0.717, 1.165) is 13.0 Å². The first-order valence-corrected chi connectivity index (χ1v) is 6.02. The van der Waals surface area contributed by atoms with Gasteiger partial charge in [-0.25, -0.2) is 0 Å². The molecule has 1 aliphatic carbocycles. The zero-order chi connectivity index (χ0) is 10.0. The van der Waals surface area contributed by atoms with Crippen LogP contribution in [0.3, 0.4) is 0 Å². The summed E-state index contributed by atoms with van der Waals surface area (Å²) in [6, 6.07) is 0.179. The summed E-state index contributed by atoms with van der Waals surface area (Å²) in [5.74, 6) is 0.410. The molecule has 2 fully saturated rings. The summed E-state index contributed by atoms with van der Waals surface area (Å²) in [6.45, 7) is 3.05. The molecule has 0 aromatic heterocycles. The SMILES string of the molecule is CCC(=O)[C@@H]1CC2(CCCCC2)CN1. The molecular weight excluding hydrogens is 174 g/mol. The summed E-state index contributed by atoms with van der Waals surface area (Å²) in [4.78, 5) is 11.6. The molecule has 0 aromatic rings. The van der Waals surface area contributed by atoms with Crippen LogP contribution in [0.25, 0.3) is 0 Å². The number of hydrogen-bond donors (Lipinski definition) is 1. The Morgan fingerprint density at radius 1 is 1.36 bits per heavy atom. The first kappa shape index (κ1) is 10.2. The fraction of sp³-hybridized carbons (Fsp3) is 0.917. The molecule has 0 radical (unpaired) electrons. The summed E-state index contributed by atoms with van der Waals surface area (Å²) >= 11 is 0. The Balaban J connectivity index is 1.95. The van der Waals surface area contributed by atoms with Crippen molar-refractivity contribution in [2.45, 2.75) is 57.9 Å². The van der Waals surface area contributed by atoms with Gasteiger partial charge in [0.05, 0.1) is 6.04 Å². The van der Waals surface area contributed by atoms with Gasteiger partial charge in [0.25, 0.3) is 0 Å². The van der Waals surface area contributed by atoms with Crippen LogP contribution >= 0.6 is 0 Å². The van der Waals surface area contributed by atoms with Gasteiger partial charge in [-0.15, -0.1) is 0 Å². The topological polar surface area (TPSA) is 29.1 Å². The largest absolute Gasteiger partial charge is 0.307 e. The van der Waals surface area contributed by atoms with E-state index in [4.69, 9.17) is 0 Å². The second-order valence-corrected chi connectivity index (χ2v) is 5.02. The number of rotatable bonds is 2. The number of Topliss-reactive ketones (excluding diaryl/α,β-unsaturated/α-hetero) is 1. The van der Waals surface area contributed by atoms with Gasteiger partial charge in [-0.1, -0.05) is 26.2 Å². The molecule has 0 amide bonds. The van der Waals surface area contributed by atoms with Crippen molar-refractivity contribution in [1.29, 1.82) is 0 Å². The molecule has 0 bridgehead atoms. The summed E-state index contributed by atoms with van der Waals surface area (Å²) in [5, 5.41) is 3.42. The van der Waals surface area contributed by atoms with Crippen molar-refractivity contribution in [2.75, 3.05) is 6.54 Å². The molecule has 1 N–H and O–H groups in total. The maximum atomic E-state index is 11.6. The van der Waals surface area contributed by atoms with Gasteiger partial charge in [0.15, 0.2) is 0 Å². The van der Waals surface area contributed by atoms with Gasteiger partial charge >= 0.3 is 0 Å². The molecule has 2 aliphatic rings. The Morgan fingerprint density at radius 2 is 2.07 bits per heavy atom. The van der Waals surface area contributed by atoms with Crippen molar-refractivity contribution in [2.24, 2.45) is 5.41 Å². The second-order valence-electron chi connectivity index (χ2n) is 5.02. The molecule has 1 spiro atoms. The summed E-state index contributed by atoms with van der Waals surface area (Å²) in [7, 11) is 0. The van der Waals surface area contributed by atoms with E-state index in [-0.39, 0.29) is 6.04 Å². The highest BCUT2D eigenvalue weighted by molar-refractivity contribution is 5.84. The van der Waals surface area contributed by atoms with Crippen LogP contribution in [0.2, 0.25) is 0 Å². The van der Waals surface area contributed by atoms with Gasteiger partial charge in [0.2, 0.25) is 0 Å². The molecule has 1 aliphatic heterocycles. The van der Waals surface area contributed by atoms with Crippen molar-refractivity contribution in [3.05, 3.63) is 0 Å². The quantitative estimate of drug-likeness (QED) is 0.732. The molecule has 14 heavy (non-hydrogen) atoms. The smallest absolute Gasteiger partial charge is 0.149 e. The summed E-state index contributed by atoms with van der Waals surface area (Å²) in [5.41, 5.74) is 0.494. The number of nitrogens with one attached hydrogen (secondary N) is 1. The summed E-state index contributed by atoms with van der Waals surface area (Å²) < 4.78 is 0. The lowest BCUT2D eigenvalue weighted by molar-refractivity contribution is -0.120. The van der Waals surface area contributed by atoms with Crippen LogP contribution in [-0.2, 0) is 4.79 Å². The van der Waals surface area contributed by atoms with Gasteiger partial charge in [0, 0.05) is 13.0 Å². The van der Waals surface area contributed by atoms with Crippen LogP contribution in [0.1, 0.15) is 51.9 Å². The van der Waals surface area contributed by atoms with E-state index in [1.54, 1.807) is 0 Å². The highest BCUT2D eigenvalue weighted by atomic mass is 16.1. The standard InChI is InChI=1S/C12H21NO/c1-2-11(14)10-8-12(9-13-10)6-4-3-5-7-12/h10,13H,2-9H2,1H3/t10-/m0/s1. The van der Waals surface area contributed by atoms with E-state index in [9.17, 15) is 4.79 Å². The molecule has 1 heterocycles. The van der Waals surface area contributed by atoms with Crippen molar-refractivity contribution >= 4 is 5.78 Å². The van der Waals surface area contributed by atoms with Crippen LogP contribution in [0.4, 0.5) is 0 Å². The van der Waals surface area contributed by atoms with E-state index in [1.165, 1.54) is 32.1 Å². The van der Waals surface area contributed by atoms with Crippen molar-refractivity contribution in [3.8, 4) is 0 Å². The second kappa shape index (κ2) is 4.01. The minimum absolute atomic E-state index is 0.179. The van der Waals surface area contributed by atoms with E-state index in [1.807, 2.05) is 6.92 Å². The maximum Gasteiger partial charge on any atom is 0.149 e. The van der Waals surface area contributed by atoms with Crippen molar-refractivity contribution in [3.63, 3.8) is 0 Å². The first-order chi connectivity index (χ1) is 6.76. The van der Waals surface area contributed by atoms with Crippen LogP contribution in [0.5, 0.6) is 0 Å². The fourth-order valence-corrected chi connectivity index (χ4v) is 3.07. The van der Waals surface area contributed by atoms with E-state index < -0.39 is 0 Å². The van der Waals surface area contributed by atoms with Crippen LogP contribution in [0.15, 0.2) is 0 Å². The number of ketones is 1. The molecule has 1 saturated heterocycles. The number of carbonyl (C=O) groups excluding carboxylic acids is 1. The van der Waals surface area contributed by atoms with Gasteiger partial charge in [0.1, 0.15) is 5.78 Å². The average Bonchev–Trinajstić information content (AvgIpc) is 2.62. The lowest BCUT2D eigenvalue weighted by Gasteiger charge is -2.32. The lowest BCUT2D eigenvalue weighted by atomic mass is 9.72. The molecule has 2 rings (SSSR count). The zero-order valence-corrected chi connectivity index (χ0v) is 9.14. The molecule has 80 valence electrons. The predicted octanol–water partition coefficient (Wildman–Crippen LogP) is 2.28. The molecule has 1 atom stereocenters. The fourth-order valence-electron chi connectivity index (χ4n) is 3.07. The molecule has 0 unspecified atom stereocenters. The molecule has 2 nitrogen and oxygen atoms in total. The van der Waals surface area contributed by atoms with Crippen LogP contribution in [0, 0.1) is 5.41 Å². The van der Waals surface area contributed by atoms with Gasteiger partial charge in [-0.2, -0.15) is 0 Å². The first-order valence-electron chi connectivity index (χ1n) is 6.02. The minimum Gasteiger partial charge on any atom is -0.307 e. The third kappa shape index (κ3) is 1.85. The molecular formula is C12H21NO. The van der Waals surface area contributed by atoms with Gasteiger partial charge < -0.3 is 5.32 Å². The Labute approximate surface area is 86.5 Å². The highest BCUT2D eigenvalue weighted by Crippen LogP contribution is 2.42. The third-order valence-electron chi connectivity index (χ3n) is 4.01. The van der Waals surface area contributed by atoms with Crippen LogP contribution in [-0.4, -0.2) is 18.4 Å².